The molecule has 0 saturated carbocycles. The van der Waals surface area contributed by atoms with E-state index < -0.39 is 17.7 Å². The van der Waals surface area contributed by atoms with E-state index in [0.29, 0.717) is 19.5 Å². The number of ether oxygens (including phenoxy) is 1. The van der Waals surface area contributed by atoms with Gasteiger partial charge in [-0.15, -0.1) is 11.3 Å². The van der Waals surface area contributed by atoms with Crippen molar-refractivity contribution >= 4 is 23.3 Å². The molecule has 1 saturated heterocycles. The van der Waals surface area contributed by atoms with E-state index in [0.717, 1.165) is 11.4 Å². The van der Waals surface area contributed by atoms with Crippen LogP contribution in [0, 0.1) is 0 Å². The van der Waals surface area contributed by atoms with Crippen LogP contribution in [-0.2, 0) is 16.1 Å². The second-order valence-electron chi connectivity index (χ2n) is 5.98. The Labute approximate surface area is 128 Å². The van der Waals surface area contributed by atoms with Crippen molar-refractivity contribution in [1.29, 1.82) is 0 Å². The third-order valence-corrected chi connectivity index (χ3v) is 3.86. The Bertz CT molecular complexity index is 496. The van der Waals surface area contributed by atoms with Crippen molar-refractivity contribution in [3.63, 3.8) is 0 Å². The summed E-state index contributed by atoms with van der Waals surface area (Å²) in [6.45, 7) is 6.41. The van der Waals surface area contributed by atoms with Crippen LogP contribution in [-0.4, -0.2) is 40.1 Å². The first-order valence-electron chi connectivity index (χ1n) is 7.02. The van der Waals surface area contributed by atoms with Gasteiger partial charge in [0, 0.05) is 18.1 Å². The van der Waals surface area contributed by atoms with Crippen LogP contribution in [0.2, 0.25) is 0 Å². The Kier molecular flexibility index (Phi) is 4.82. The molecule has 1 fully saturated rings. The molecule has 1 atom stereocenters. The number of carbonyl (C=O) groups is 2. The summed E-state index contributed by atoms with van der Waals surface area (Å²) < 4.78 is 5.35. The Balaban J connectivity index is 1.91. The van der Waals surface area contributed by atoms with Crippen LogP contribution in [0.4, 0.5) is 4.79 Å². The number of hydrogen-bond donors (Lipinski definition) is 1. The largest absolute Gasteiger partial charge is 0.444 e. The zero-order valence-electron chi connectivity index (χ0n) is 12.6. The number of amides is 2. The highest BCUT2D eigenvalue weighted by Gasteiger charge is 2.36. The van der Waals surface area contributed by atoms with Crippen molar-refractivity contribution in [3.8, 4) is 0 Å². The standard InChI is InChI=1S/C14H21N3O3S/c1-14(2,3)20-13(19)17-7-4-5-10(17)12(18)16-9-11-15-6-8-21-11/h6,8,10H,4-5,7,9H2,1-3H3,(H,16,18). The maximum absolute atomic E-state index is 12.2. The normalized spacial score (nSPS) is 18.6. The highest BCUT2D eigenvalue weighted by atomic mass is 32.1. The van der Waals surface area contributed by atoms with Gasteiger partial charge in [0.1, 0.15) is 16.7 Å². The van der Waals surface area contributed by atoms with E-state index >= 15 is 0 Å². The Morgan fingerprint density at radius 2 is 2.29 bits per heavy atom. The fourth-order valence-electron chi connectivity index (χ4n) is 2.20. The number of hydrogen-bond acceptors (Lipinski definition) is 5. The monoisotopic (exact) mass is 311 g/mol. The van der Waals surface area contributed by atoms with Crippen LogP contribution < -0.4 is 5.32 Å². The molecule has 1 N–H and O–H groups in total. The van der Waals surface area contributed by atoms with Gasteiger partial charge in [0.2, 0.25) is 5.91 Å². The molecular weight excluding hydrogens is 290 g/mol. The summed E-state index contributed by atoms with van der Waals surface area (Å²) in [6, 6.07) is -0.445. The zero-order valence-corrected chi connectivity index (χ0v) is 13.4. The van der Waals surface area contributed by atoms with Crippen molar-refractivity contribution in [2.75, 3.05) is 6.54 Å². The minimum atomic E-state index is -0.554. The summed E-state index contributed by atoms with van der Waals surface area (Å²) in [6.07, 6.45) is 2.76. The van der Waals surface area contributed by atoms with Gasteiger partial charge in [-0.25, -0.2) is 9.78 Å². The molecule has 1 aromatic heterocycles. The third-order valence-electron chi connectivity index (χ3n) is 3.08. The fourth-order valence-corrected chi connectivity index (χ4v) is 2.76. The van der Waals surface area contributed by atoms with Crippen LogP contribution in [0.3, 0.4) is 0 Å². The van der Waals surface area contributed by atoms with Gasteiger partial charge in [0.15, 0.2) is 0 Å². The average molecular weight is 311 g/mol. The number of likely N-dealkylation sites (tertiary alicyclic amines) is 1. The van der Waals surface area contributed by atoms with Gasteiger partial charge in [-0.3, -0.25) is 9.69 Å². The van der Waals surface area contributed by atoms with Crippen LogP contribution in [0.25, 0.3) is 0 Å². The van der Waals surface area contributed by atoms with Crippen LogP contribution in [0.5, 0.6) is 0 Å². The van der Waals surface area contributed by atoms with Crippen molar-refractivity contribution in [2.45, 2.75) is 51.8 Å². The lowest BCUT2D eigenvalue weighted by Crippen LogP contribution is -2.47. The van der Waals surface area contributed by atoms with E-state index in [1.54, 1.807) is 6.20 Å². The summed E-state index contributed by atoms with van der Waals surface area (Å²) in [5.41, 5.74) is -0.554. The van der Waals surface area contributed by atoms with Gasteiger partial charge in [0.25, 0.3) is 0 Å². The molecule has 0 aromatic carbocycles. The van der Waals surface area contributed by atoms with Gasteiger partial charge in [-0.1, -0.05) is 0 Å². The predicted molar refractivity (Wildman–Crippen MR) is 79.9 cm³/mol. The number of carbonyl (C=O) groups excluding carboxylic acids is 2. The van der Waals surface area contributed by atoms with Gasteiger partial charge in [-0.05, 0) is 33.6 Å². The zero-order chi connectivity index (χ0) is 15.5. The molecule has 1 unspecified atom stereocenters. The summed E-state index contributed by atoms with van der Waals surface area (Å²) in [5, 5.41) is 5.55. The van der Waals surface area contributed by atoms with E-state index in [4.69, 9.17) is 4.74 Å². The highest BCUT2D eigenvalue weighted by molar-refractivity contribution is 7.09. The van der Waals surface area contributed by atoms with E-state index in [9.17, 15) is 9.59 Å². The van der Waals surface area contributed by atoms with Crippen LogP contribution in [0.15, 0.2) is 11.6 Å². The van der Waals surface area contributed by atoms with E-state index in [2.05, 4.69) is 10.3 Å². The molecule has 1 aliphatic rings. The number of nitrogens with zero attached hydrogens (tertiary/aromatic N) is 2. The molecule has 7 heteroatoms. The Hall–Kier alpha value is -1.63. The summed E-state index contributed by atoms with van der Waals surface area (Å²) in [4.78, 5) is 30.0. The number of thiazole rings is 1. The van der Waals surface area contributed by atoms with Crippen molar-refractivity contribution in [3.05, 3.63) is 16.6 Å². The van der Waals surface area contributed by atoms with Crippen molar-refractivity contribution < 1.29 is 14.3 Å². The van der Waals surface area contributed by atoms with Gasteiger partial charge in [0.05, 0.1) is 6.54 Å². The second kappa shape index (κ2) is 6.43. The molecule has 116 valence electrons. The third kappa shape index (κ3) is 4.42. The predicted octanol–water partition coefficient (Wildman–Crippen LogP) is 2.16. The maximum atomic E-state index is 12.2. The molecule has 0 aliphatic carbocycles. The molecule has 2 rings (SSSR count). The molecule has 6 nitrogen and oxygen atoms in total. The molecule has 2 amide bonds. The first-order chi connectivity index (χ1) is 9.87. The smallest absolute Gasteiger partial charge is 0.410 e. The quantitative estimate of drug-likeness (QED) is 0.928. The second-order valence-corrected chi connectivity index (χ2v) is 6.95. The Morgan fingerprint density at radius 1 is 1.52 bits per heavy atom. The molecule has 0 bridgehead atoms. The fraction of sp³-hybridized carbons (Fsp3) is 0.643. The van der Waals surface area contributed by atoms with Crippen molar-refractivity contribution in [1.82, 2.24) is 15.2 Å². The molecule has 1 aromatic rings. The number of rotatable bonds is 3. The van der Waals surface area contributed by atoms with Gasteiger partial charge >= 0.3 is 6.09 Å². The minimum Gasteiger partial charge on any atom is -0.444 e. The number of nitrogens with one attached hydrogen (secondary N) is 1. The minimum absolute atomic E-state index is 0.145. The number of aromatic nitrogens is 1. The topological polar surface area (TPSA) is 71.5 Å². The molecule has 0 radical (unpaired) electrons. The van der Waals surface area contributed by atoms with Crippen LogP contribution in [0.1, 0.15) is 38.6 Å². The van der Waals surface area contributed by atoms with E-state index in [-0.39, 0.29) is 5.91 Å². The SMILES string of the molecule is CC(C)(C)OC(=O)N1CCCC1C(=O)NCc1nccs1. The van der Waals surface area contributed by atoms with Gasteiger partial charge in [-0.2, -0.15) is 0 Å². The lowest BCUT2D eigenvalue weighted by Gasteiger charge is -2.27. The van der Waals surface area contributed by atoms with Gasteiger partial charge < -0.3 is 10.1 Å². The molecule has 0 spiro atoms. The summed E-state index contributed by atoms with van der Waals surface area (Å²) >= 11 is 1.49. The highest BCUT2D eigenvalue weighted by Crippen LogP contribution is 2.21. The van der Waals surface area contributed by atoms with Crippen molar-refractivity contribution in [2.24, 2.45) is 0 Å². The Morgan fingerprint density at radius 3 is 2.90 bits per heavy atom. The van der Waals surface area contributed by atoms with Crippen LogP contribution >= 0.6 is 11.3 Å². The lowest BCUT2D eigenvalue weighted by atomic mass is 10.2. The molecule has 1 aliphatic heterocycles. The maximum Gasteiger partial charge on any atom is 0.410 e. The van der Waals surface area contributed by atoms with E-state index in [1.807, 2.05) is 26.2 Å². The first kappa shape index (κ1) is 15.8. The molecule has 21 heavy (non-hydrogen) atoms. The summed E-state index contributed by atoms with van der Waals surface area (Å²) in [5.74, 6) is -0.145. The molecular formula is C14H21N3O3S. The first-order valence-corrected chi connectivity index (χ1v) is 7.90. The lowest BCUT2D eigenvalue weighted by molar-refractivity contribution is -0.125. The van der Waals surface area contributed by atoms with E-state index in [1.165, 1.54) is 16.2 Å². The average Bonchev–Trinajstić information content (AvgIpc) is 3.05. The summed E-state index contributed by atoms with van der Waals surface area (Å²) in [7, 11) is 0. The molecule has 2 heterocycles.